The van der Waals surface area contributed by atoms with Crippen molar-refractivity contribution in [2.45, 2.75) is 32.2 Å². The number of aromatic nitrogens is 3. The van der Waals surface area contributed by atoms with Gasteiger partial charge in [0.2, 0.25) is 5.95 Å². The molecule has 176 valence electrons. The van der Waals surface area contributed by atoms with Crippen molar-refractivity contribution >= 4 is 11.9 Å². The van der Waals surface area contributed by atoms with Crippen LogP contribution in [0.25, 0.3) is 11.3 Å². The molecule has 1 saturated carbocycles. The maximum absolute atomic E-state index is 14.7. The van der Waals surface area contributed by atoms with E-state index in [-0.39, 0.29) is 22.9 Å². The molecule has 5 rings (SSSR count). The van der Waals surface area contributed by atoms with E-state index >= 15 is 0 Å². The van der Waals surface area contributed by atoms with Crippen LogP contribution >= 0.6 is 0 Å². The van der Waals surface area contributed by atoms with Crippen LogP contribution in [0.5, 0.6) is 0 Å². The van der Waals surface area contributed by atoms with Gasteiger partial charge in [-0.25, -0.2) is 14.2 Å². The number of rotatable bonds is 4. The number of nitrogens with zero attached hydrogens (tertiary/aromatic N) is 6. The third-order valence-electron chi connectivity index (χ3n) is 7.13. The van der Waals surface area contributed by atoms with E-state index < -0.39 is 11.8 Å². The molecule has 1 spiro atoms. The molecular weight excluding hydrogens is 430 g/mol. The van der Waals surface area contributed by atoms with Gasteiger partial charge < -0.3 is 14.5 Å². The van der Waals surface area contributed by atoms with Crippen molar-refractivity contribution in [3.05, 3.63) is 36.4 Å². The summed E-state index contributed by atoms with van der Waals surface area (Å²) in [6, 6.07) is 1.26. The van der Waals surface area contributed by atoms with Gasteiger partial charge in [-0.3, -0.25) is 14.9 Å². The van der Waals surface area contributed by atoms with Gasteiger partial charge in [0, 0.05) is 69.2 Å². The molecule has 1 amide bonds. The molecule has 2 aromatic heterocycles. The van der Waals surface area contributed by atoms with Crippen molar-refractivity contribution in [3.8, 4) is 11.3 Å². The fourth-order valence-corrected chi connectivity index (χ4v) is 5.55. The first-order chi connectivity index (χ1) is 16.0. The summed E-state index contributed by atoms with van der Waals surface area (Å²) in [6.45, 7) is 6.61. The maximum Gasteiger partial charge on any atom is 0.409 e. The van der Waals surface area contributed by atoms with Gasteiger partial charge >= 0.3 is 6.09 Å². The molecular formula is C23H28F2N6O2. The lowest BCUT2D eigenvalue weighted by atomic mass is 9.78. The molecule has 3 fully saturated rings. The quantitative estimate of drug-likeness (QED) is 0.652. The molecule has 4 heterocycles. The Labute approximate surface area is 191 Å². The van der Waals surface area contributed by atoms with Crippen LogP contribution in [0.2, 0.25) is 0 Å². The van der Waals surface area contributed by atoms with Gasteiger partial charge in [-0.1, -0.05) is 0 Å². The zero-order valence-electron chi connectivity index (χ0n) is 18.7. The van der Waals surface area contributed by atoms with E-state index in [1.807, 2.05) is 11.8 Å². The van der Waals surface area contributed by atoms with Crippen molar-refractivity contribution in [2.24, 2.45) is 5.41 Å². The Morgan fingerprint density at radius 2 is 2.00 bits per heavy atom. The molecule has 0 radical (unpaired) electrons. The largest absolute Gasteiger partial charge is 0.450 e. The zero-order valence-corrected chi connectivity index (χ0v) is 18.7. The Morgan fingerprint density at radius 3 is 2.70 bits per heavy atom. The van der Waals surface area contributed by atoms with Gasteiger partial charge in [-0.15, -0.1) is 0 Å². The number of anilines is 1. The number of carbonyl (C=O) groups excluding carboxylic acids is 1. The Hall–Kier alpha value is -2.88. The Bertz CT molecular complexity index is 1010. The number of pyridine rings is 1. The predicted molar refractivity (Wildman–Crippen MR) is 118 cm³/mol. The summed E-state index contributed by atoms with van der Waals surface area (Å²) in [4.78, 5) is 30.4. The van der Waals surface area contributed by atoms with E-state index in [0.29, 0.717) is 31.4 Å². The number of ether oxygens (including phenoxy) is 1. The first-order valence-electron chi connectivity index (χ1n) is 11.5. The standard InChI is InChI=1S/C23H28F2N6O2/c1-2-33-22(32)31-14-23(15-31)4-3-16(12-23)29-7-9-30(10-8-29)21-20(17(24)11-19(25)28-21)18-13-26-5-6-27-18/h5-6,11,13,16H,2-4,7-10,12,14-15H2,1H3/t16-/m1/s1. The van der Waals surface area contributed by atoms with Crippen LogP contribution in [-0.4, -0.2) is 82.8 Å². The number of hydrogen-bond donors (Lipinski definition) is 0. The summed E-state index contributed by atoms with van der Waals surface area (Å²) in [5, 5.41) is 0. The summed E-state index contributed by atoms with van der Waals surface area (Å²) in [5.41, 5.74) is 0.737. The second kappa shape index (κ2) is 8.81. The van der Waals surface area contributed by atoms with Crippen LogP contribution < -0.4 is 4.90 Å². The molecule has 2 aliphatic heterocycles. The summed E-state index contributed by atoms with van der Waals surface area (Å²) < 4.78 is 33.8. The lowest BCUT2D eigenvalue weighted by Crippen LogP contribution is -2.58. The summed E-state index contributed by atoms with van der Waals surface area (Å²) >= 11 is 0. The van der Waals surface area contributed by atoms with Crippen molar-refractivity contribution in [2.75, 3.05) is 50.8 Å². The van der Waals surface area contributed by atoms with E-state index in [0.717, 1.165) is 51.5 Å². The highest BCUT2D eigenvalue weighted by Crippen LogP contribution is 2.47. The number of piperazine rings is 1. The Balaban J connectivity index is 1.23. The van der Waals surface area contributed by atoms with Crippen LogP contribution in [-0.2, 0) is 4.74 Å². The number of carbonyl (C=O) groups is 1. The van der Waals surface area contributed by atoms with Gasteiger partial charge in [-0.2, -0.15) is 4.39 Å². The normalized spacial score (nSPS) is 22.5. The third kappa shape index (κ3) is 4.23. The lowest BCUT2D eigenvalue weighted by Gasteiger charge is -2.48. The molecule has 3 aliphatic rings. The number of amides is 1. The fourth-order valence-electron chi connectivity index (χ4n) is 5.55. The van der Waals surface area contributed by atoms with Gasteiger partial charge in [0.25, 0.3) is 0 Å². The van der Waals surface area contributed by atoms with Crippen LogP contribution in [0.4, 0.5) is 19.4 Å². The summed E-state index contributed by atoms with van der Waals surface area (Å²) in [7, 11) is 0. The SMILES string of the molecule is CCOC(=O)N1CC2(CC[C@@H](N3CCN(c4nc(F)cc(F)c4-c4cnccn4)CC3)C2)C1. The Kier molecular flexibility index (Phi) is 5.86. The van der Waals surface area contributed by atoms with Gasteiger partial charge in [0.15, 0.2) is 0 Å². The maximum atomic E-state index is 14.7. The first kappa shape index (κ1) is 21.9. The van der Waals surface area contributed by atoms with Gasteiger partial charge in [0.05, 0.1) is 24.1 Å². The van der Waals surface area contributed by atoms with Crippen molar-refractivity contribution in [1.82, 2.24) is 24.8 Å². The highest BCUT2D eigenvalue weighted by Gasteiger charge is 2.51. The van der Waals surface area contributed by atoms with Gasteiger partial charge in [0.1, 0.15) is 11.6 Å². The smallest absolute Gasteiger partial charge is 0.409 e. The highest BCUT2D eigenvalue weighted by molar-refractivity contribution is 5.73. The molecule has 33 heavy (non-hydrogen) atoms. The van der Waals surface area contributed by atoms with E-state index in [9.17, 15) is 13.6 Å². The highest BCUT2D eigenvalue weighted by atomic mass is 19.1. The molecule has 0 aromatic carbocycles. The molecule has 1 atom stereocenters. The molecule has 10 heteroatoms. The zero-order chi connectivity index (χ0) is 23.0. The average Bonchev–Trinajstić information content (AvgIpc) is 3.24. The molecule has 2 aromatic rings. The van der Waals surface area contributed by atoms with Crippen LogP contribution in [0.3, 0.4) is 0 Å². The predicted octanol–water partition coefficient (Wildman–Crippen LogP) is 2.95. The van der Waals surface area contributed by atoms with E-state index in [4.69, 9.17) is 4.74 Å². The van der Waals surface area contributed by atoms with Crippen molar-refractivity contribution in [3.63, 3.8) is 0 Å². The minimum Gasteiger partial charge on any atom is -0.450 e. The molecule has 0 bridgehead atoms. The van der Waals surface area contributed by atoms with Crippen molar-refractivity contribution < 1.29 is 18.3 Å². The summed E-state index contributed by atoms with van der Waals surface area (Å²) in [6.07, 6.45) is 7.54. The first-order valence-corrected chi connectivity index (χ1v) is 11.5. The van der Waals surface area contributed by atoms with Crippen LogP contribution in [0.15, 0.2) is 24.7 Å². The van der Waals surface area contributed by atoms with Crippen LogP contribution in [0, 0.1) is 17.2 Å². The number of likely N-dealkylation sites (tertiary alicyclic amines) is 1. The minimum atomic E-state index is -0.841. The molecule has 0 N–H and O–H groups in total. The van der Waals surface area contributed by atoms with E-state index in [1.54, 1.807) is 4.90 Å². The topological polar surface area (TPSA) is 74.7 Å². The molecule has 2 saturated heterocycles. The molecule has 0 unspecified atom stereocenters. The second-order valence-electron chi connectivity index (χ2n) is 9.19. The molecule has 8 nitrogen and oxygen atoms in total. The lowest BCUT2D eigenvalue weighted by molar-refractivity contribution is -0.00294. The van der Waals surface area contributed by atoms with E-state index in [1.165, 1.54) is 18.6 Å². The monoisotopic (exact) mass is 458 g/mol. The second-order valence-corrected chi connectivity index (χ2v) is 9.19. The number of hydrogen-bond acceptors (Lipinski definition) is 7. The van der Waals surface area contributed by atoms with Crippen molar-refractivity contribution in [1.29, 1.82) is 0 Å². The summed E-state index contributed by atoms with van der Waals surface area (Å²) in [5.74, 6) is -1.25. The molecule has 1 aliphatic carbocycles. The minimum absolute atomic E-state index is 0.186. The fraction of sp³-hybridized carbons (Fsp3) is 0.565. The van der Waals surface area contributed by atoms with Gasteiger partial charge in [-0.05, 0) is 26.2 Å². The van der Waals surface area contributed by atoms with E-state index in [2.05, 4.69) is 19.9 Å². The van der Waals surface area contributed by atoms with Crippen LogP contribution in [0.1, 0.15) is 26.2 Å². The third-order valence-corrected chi connectivity index (χ3v) is 7.13. The average molecular weight is 459 g/mol. The Morgan fingerprint density at radius 1 is 1.21 bits per heavy atom. The number of halogens is 2.